The van der Waals surface area contributed by atoms with Crippen molar-refractivity contribution < 1.29 is 14.6 Å². The van der Waals surface area contributed by atoms with Crippen molar-refractivity contribution in [3.05, 3.63) is 42.0 Å². The first-order valence-electron chi connectivity index (χ1n) is 7.18. The van der Waals surface area contributed by atoms with E-state index in [0.717, 1.165) is 24.8 Å². The number of unbranched alkanes of at least 4 members (excludes halogenated alkanes) is 2. The lowest BCUT2D eigenvalue weighted by molar-refractivity contribution is -0.147. The van der Waals surface area contributed by atoms with Gasteiger partial charge in [-0.05, 0) is 12.0 Å². The Bertz CT molecular complexity index is 412. The Kier molecular flexibility index (Phi) is 7.66. The van der Waals surface area contributed by atoms with Gasteiger partial charge in [0.05, 0.1) is 13.2 Å². The zero-order valence-corrected chi connectivity index (χ0v) is 12.3. The van der Waals surface area contributed by atoms with Gasteiger partial charge in [0.25, 0.3) is 0 Å². The number of aliphatic hydroxyl groups is 1. The van der Waals surface area contributed by atoms with E-state index in [-0.39, 0.29) is 5.97 Å². The number of carbonyl (C=O) groups is 1. The molecule has 2 atom stereocenters. The molecule has 0 aliphatic heterocycles. The summed E-state index contributed by atoms with van der Waals surface area (Å²) in [4.78, 5) is 11.8. The number of aliphatic hydroxyl groups excluding tert-OH is 1. The molecule has 0 saturated heterocycles. The van der Waals surface area contributed by atoms with Crippen molar-refractivity contribution in [2.75, 3.05) is 7.11 Å². The summed E-state index contributed by atoms with van der Waals surface area (Å²) in [6.07, 6.45) is 6.59. The van der Waals surface area contributed by atoms with Crippen LogP contribution in [0.15, 0.2) is 36.4 Å². The number of esters is 1. The molecule has 1 rings (SSSR count). The van der Waals surface area contributed by atoms with Crippen LogP contribution < -0.4 is 0 Å². The van der Waals surface area contributed by atoms with E-state index in [2.05, 4.69) is 6.92 Å². The minimum absolute atomic E-state index is 0.388. The first-order chi connectivity index (χ1) is 9.69. The predicted molar refractivity (Wildman–Crippen MR) is 81.1 cm³/mol. The minimum Gasteiger partial charge on any atom is -0.468 e. The Morgan fingerprint density at radius 2 is 2.00 bits per heavy atom. The monoisotopic (exact) mass is 276 g/mol. The fourth-order valence-electron chi connectivity index (χ4n) is 2.06. The van der Waals surface area contributed by atoms with Crippen LogP contribution in [0.1, 0.15) is 38.2 Å². The van der Waals surface area contributed by atoms with Crippen molar-refractivity contribution in [1.29, 1.82) is 0 Å². The van der Waals surface area contributed by atoms with Crippen LogP contribution >= 0.6 is 0 Å². The van der Waals surface area contributed by atoms with Gasteiger partial charge in [0, 0.05) is 0 Å². The summed E-state index contributed by atoms with van der Waals surface area (Å²) in [6, 6.07) is 9.71. The molecule has 0 aliphatic rings. The molecule has 0 spiro atoms. The maximum atomic E-state index is 11.8. The molecule has 0 radical (unpaired) electrons. The maximum absolute atomic E-state index is 11.8. The topological polar surface area (TPSA) is 46.5 Å². The van der Waals surface area contributed by atoms with Crippen molar-refractivity contribution in [1.82, 2.24) is 0 Å². The summed E-state index contributed by atoms with van der Waals surface area (Å²) in [5, 5.41) is 10.2. The number of benzene rings is 1. The standard InChI is InChI=1S/C17H24O3/c1-3-4-6-11-16(18)15(17(19)20-2)13-12-14-9-7-5-8-10-14/h5,7-10,12-13,15-16,18H,3-4,6,11H2,1-2H3/b13-12+. The molecule has 20 heavy (non-hydrogen) atoms. The van der Waals surface area contributed by atoms with Crippen LogP contribution in [0.5, 0.6) is 0 Å². The third-order valence-corrected chi connectivity index (χ3v) is 3.29. The zero-order valence-electron chi connectivity index (χ0n) is 12.3. The summed E-state index contributed by atoms with van der Waals surface area (Å²) in [6.45, 7) is 2.11. The number of rotatable bonds is 8. The van der Waals surface area contributed by atoms with Crippen LogP contribution in [-0.2, 0) is 9.53 Å². The molecule has 1 aromatic carbocycles. The van der Waals surface area contributed by atoms with Crippen LogP contribution in [0.4, 0.5) is 0 Å². The zero-order chi connectivity index (χ0) is 14.8. The molecule has 0 heterocycles. The van der Waals surface area contributed by atoms with Gasteiger partial charge < -0.3 is 9.84 Å². The van der Waals surface area contributed by atoms with E-state index in [1.807, 2.05) is 36.4 Å². The van der Waals surface area contributed by atoms with Crippen molar-refractivity contribution in [2.24, 2.45) is 5.92 Å². The van der Waals surface area contributed by atoms with Gasteiger partial charge in [-0.25, -0.2) is 0 Å². The molecule has 3 heteroatoms. The van der Waals surface area contributed by atoms with Crippen molar-refractivity contribution in [3.63, 3.8) is 0 Å². The lowest BCUT2D eigenvalue weighted by Crippen LogP contribution is -2.27. The highest BCUT2D eigenvalue weighted by Gasteiger charge is 2.24. The Balaban J connectivity index is 2.69. The Morgan fingerprint density at radius 3 is 2.60 bits per heavy atom. The molecule has 0 bridgehead atoms. The Morgan fingerprint density at radius 1 is 1.30 bits per heavy atom. The average Bonchev–Trinajstić information content (AvgIpc) is 2.48. The second-order valence-corrected chi connectivity index (χ2v) is 4.88. The maximum Gasteiger partial charge on any atom is 0.315 e. The van der Waals surface area contributed by atoms with E-state index in [4.69, 9.17) is 4.74 Å². The van der Waals surface area contributed by atoms with Gasteiger partial charge >= 0.3 is 5.97 Å². The van der Waals surface area contributed by atoms with Crippen LogP contribution in [0.3, 0.4) is 0 Å². The van der Waals surface area contributed by atoms with Crippen molar-refractivity contribution >= 4 is 12.0 Å². The van der Waals surface area contributed by atoms with Gasteiger partial charge in [-0.3, -0.25) is 4.79 Å². The van der Waals surface area contributed by atoms with Gasteiger partial charge in [-0.2, -0.15) is 0 Å². The largest absolute Gasteiger partial charge is 0.468 e. The second-order valence-electron chi connectivity index (χ2n) is 4.88. The highest BCUT2D eigenvalue weighted by Crippen LogP contribution is 2.17. The second kappa shape index (κ2) is 9.32. The van der Waals surface area contributed by atoms with E-state index in [9.17, 15) is 9.90 Å². The lowest BCUT2D eigenvalue weighted by atomic mass is 9.96. The van der Waals surface area contributed by atoms with E-state index < -0.39 is 12.0 Å². The number of hydrogen-bond donors (Lipinski definition) is 1. The van der Waals surface area contributed by atoms with E-state index in [1.54, 1.807) is 6.08 Å². The van der Waals surface area contributed by atoms with E-state index >= 15 is 0 Å². The molecule has 0 fully saturated rings. The van der Waals surface area contributed by atoms with Crippen LogP contribution in [-0.4, -0.2) is 24.3 Å². The molecule has 0 aromatic heterocycles. The third-order valence-electron chi connectivity index (χ3n) is 3.29. The summed E-state index contributed by atoms with van der Waals surface area (Å²) in [7, 11) is 1.35. The molecule has 0 saturated carbocycles. The van der Waals surface area contributed by atoms with E-state index in [1.165, 1.54) is 7.11 Å². The first-order valence-corrected chi connectivity index (χ1v) is 7.18. The van der Waals surface area contributed by atoms with Gasteiger partial charge in [-0.1, -0.05) is 68.7 Å². The third kappa shape index (κ3) is 5.57. The van der Waals surface area contributed by atoms with Crippen molar-refractivity contribution in [3.8, 4) is 0 Å². The van der Waals surface area contributed by atoms with Crippen LogP contribution in [0.2, 0.25) is 0 Å². The van der Waals surface area contributed by atoms with Crippen LogP contribution in [0.25, 0.3) is 6.08 Å². The van der Waals surface area contributed by atoms with Gasteiger partial charge in [0.15, 0.2) is 0 Å². The Hall–Kier alpha value is -1.61. The number of hydrogen-bond acceptors (Lipinski definition) is 3. The van der Waals surface area contributed by atoms with Gasteiger partial charge in [0.2, 0.25) is 0 Å². The molecule has 1 N–H and O–H groups in total. The smallest absolute Gasteiger partial charge is 0.315 e. The SMILES string of the molecule is CCCCCC(O)C(/C=C/c1ccccc1)C(=O)OC. The molecule has 2 unspecified atom stereocenters. The number of carbonyl (C=O) groups excluding carboxylic acids is 1. The Labute approximate surface area is 121 Å². The quantitative estimate of drug-likeness (QED) is 0.584. The van der Waals surface area contributed by atoms with Gasteiger partial charge in [0.1, 0.15) is 5.92 Å². The van der Waals surface area contributed by atoms with E-state index in [0.29, 0.717) is 6.42 Å². The highest BCUT2D eigenvalue weighted by atomic mass is 16.5. The molecular weight excluding hydrogens is 252 g/mol. The predicted octanol–water partition coefficient (Wildman–Crippen LogP) is 3.43. The van der Waals surface area contributed by atoms with Crippen molar-refractivity contribution in [2.45, 2.75) is 38.7 Å². The summed E-state index contributed by atoms with van der Waals surface area (Å²) < 4.78 is 4.78. The number of methoxy groups -OCH3 is 1. The molecule has 0 aliphatic carbocycles. The lowest BCUT2D eigenvalue weighted by Gasteiger charge is -2.17. The molecule has 1 aromatic rings. The van der Waals surface area contributed by atoms with Crippen LogP contribution in [0, 0.1) is 5.92 Å². The average molecular weight is 276 g/mol. The molecule has 0 amide bonds. The number of ether oxygens (including phenoxy) is 1. The fraction of sp³-hybridized carbons (Fsp3) is 0.471. The fourth-order valence-corrected chi connectivity index (χ4v) is 2.06. The first kappa shape index (κ1) is 16.4. The molecule has 3 nitrogen and oxygen atoms in total. The molecule has 110 valence electrons. The highest BCUT2D eigenvalue weighted by molar-refractivity contribution is 5.76. The van der Waals surface area contributed by atoms with Gasteiger partial charge in [-0.15, -0.1) is 0 Å². The summed E-state index contributed by atoms with van der Waals surface area (Å²) in [5.74, 6) is -0.988. The minimum atomic E-state index is -0.686. The molecular formula is C17H24O3. The normalized spacial score (nSPS) is 14.2. The summed E-state index contributed by atoms with van der Waals surface area (Å²) in [5.41, 5.74) is 1.00. The summed E-state index contributed by atoms with van der Waals surface area (Å²) >= 11 is 0.